The minimum absolute atomic E-state index is 0.151. The Kier molecular flexibility index (Phi) is 4.06. The molecule has 2 nitrogen and oxygen atoms in total. The van der Waals surface area contributed by atoms with E-state index in [1.807, 2.05) is 4.90 Å². The van der Waals surface area contributed by atoms with E-state index in [0.717, 1.165) is 19.4 Å². The van der Waals surface area contributed by atoms with Crippen molar-refractivity contribution in [2.75, 3.05) is 13.1 Å². The third-order valence-electron chi connectivity index (χ3n) is 3.23. The Balaban J connectivity index is 1.82. The first kappa shape index (κ1) is 12.4. The zero-order valence-electron chi connectivity index (χ0n) is 10.2. The molecular formula is C14H18ClNO. The lowest BCUT2D eigenvalue weighted by molar-refractivity contribution is -0.130. The number of nitrogens with zero attached hydrogens (tertiary/aromatic N) is 1. The van der Waals surface area contributed by atoms with Crippen LogP contribution < -0.4 is 0 Å². The van der Waals surface area contributed by atoms with Gasteiger partial charge in [-0.1, -0.05) is 29.8 Å². The van der Waals surface area contributed by atoms with Crippen molar-refractivity contribution in [3.05, 3.63) is 35.4 Å². The molecule has 1 unspecified atom stereocenters. The number of rotatable bonds is 3. The molecule has 1 heterocycles. The molecule has 92 valence electrons. The van der Waals surface area contributed by atoms with Gasteiger partial charge in [0.2, 0.25) is 5.91 Å². The maximum absolute atomic E-state index is 11.9. The van der Waals surface area contributed by atoms with Crippen molar-refractivity contribution in [2.24, 2.45) is 0 Å². The maximum atomic E-state index is 11.9. The molecule has 1 aliphatic heterocycles. The lowest BCUT2D eigenvalue weighted by Gasteiger charge is -2.15. The lowest BCUT2D eigenvalue weighted by Crippen LogP contribution is -2.28. The second kappa shape index (κ2) is 5.54. The Bertz CT molecular complexity index is 388. The molecule has 2 rings (SSSR count). The van der Waals surface area contributed by atoms with Crippen LogP contribution in [0.15, 0.2) is 24.3 Å². The number of hydrogen-bond donors (Lipinski definition) is 0. The van der Waals surface area contributed by atoms with E-state index in [0.29, 0.717) is 13.0 Å². The van der Waals surface area contributed by atoms with Gasteiger partial charge in [0.1, 0.15) is 0 Å². The molecule has 1 atom stereocenters. The number of halogens is 1. The molecule has 1 aromatic carbocycles. The highest BCUT2D eigenvalue weighted by molar-refractivity contribution is 6.21. The molecule has 0 radical (unpaired) electrons. The molecule has 0 bridgehead atoms. The highest BCUT2D eigenvalue weighted by atomic mass is 35.5. The first-order valence-electron chi connectivity index (χ1n) is 6.12. The Labute approximate surface area is 108 Å². The van der Waals surface area contributed by atoms with Crippen LogP contribution in [0.5, 0.6) is 0 Å². The van der Waals surface area contributed by atoms with Crippen molar-refractivity contribution in [3.8, 4) is 0 Å². The number of carbonyl (C=O) groups excluding carboxylic acids is 1. The lowest BCUT2D eigenvalue weighted by atomic mass is 10.1. The number of benzene rings is 1. The average Bonchev–Trinajstić information content (AvgIpc) is 2.75. The Morgan fingerprint density at radius 2 is 2.12 bits per heavy atom. The summed E-state index contributed by atoms with van der Waals surface area (Å²) in [5, 5.41) is 0.151. The number of carbonyl (C=O) groups is 1. The third kappa shape index (κ3) is 3.47. The van der Waals surface area contributed by atoms with Crippen LogP contribution in [0.3, 0.4) is 0 Å². The molecule has 0 aliphatic carbocycles. The van der Waals surface area contributed by atoms with Crippen molar-refractivity contribution in [1.82, 2.24) is 4.90 Å². The summed E-state index contributed by atoms with van der Waals surface area (Å²) in [5.74, 6) is 0.230. The molecule has 1 aliphatic rings. The maximum Gasteiger partial charge on any atom is 0.222 e. The summed E-state index contributed by atoms with van der Waals surface area (Å²) in [6.45, 7) is 3.61. The topological polar surface area (TPSA) is 20.3 Å². The standard InChI is InChI=1S/C14H18ClNO/c1-11-2-4-12(5-3-11)6-7-14(17)16-9-8-13(15)10-16/h2-5,13H,6-10H2,1H3. The normalized spacial score (nSPS) is 19.6. The van der Waals surface area contributed by atoms with Crippen LogP contribution in [-0.4, -0.2) is 29.3 Å². The van der Waals surface area contributed by atoms with Gasteiger partial charge in [0.05, 0.1) is 5.38 Å². The SMILES string of the molecule is Cc1ccc(CCC(=O)N2CCC(Cl)C2)cc1. The van der Waals surface area contributed by atoms with Gasteiger partial charge in [0.25, 0.3) is 0 Å². The van der Waals surface area contributed by atoms with Crippen molar-refractivity contribution < 1.29 is 4.79 Å². The predicted octanol–water partition coefficient (Wildman–Crippen LogP) is 2.77. The van der Waals surface area contributed by atoms with Crippen LogP contribution >= 0.6 is 11.6 Å². The van der Waals surface area contributed by atoms with Gasteiger partial charge in [0.15, 0.2) is 0 Å². The summed E-state index contributed by atoms with van der Waals surface area (Å²) in [6, 6.07) is 8.36. The number of likely N-dealkylation sites (tertiary alicyclic amines) is 1. The summed E-state index contributed by atoms with van der Waals surface area (Å²) in [6.07, 6.45) is 2.34. The summed E-state index contributed by atoms with van der Waals surface area (Å²) in [7, 11) is 0. The van der Waals surface area contributed by atoms with Crippen molar-refractivity contribution in [3.63, 3.8) is 0 Å². The van der Waals surface area contributed by atoms with E-state index in [1.54, 1.807) is 0 Å². The molecule has 1 aromatic rings. The number of amides is 1. The van der Waals surface area contributed by atoms with Crippen molar-refractivity contribution in [1.29, 1.82) is 0 Å². The van der Waals surface area contributed by atoms with Gasteiger partial charge in [-0.25, -0.2) is 0 Å². The molecule has 0 N–H and O–H groups in total. The second-order valence-corrected chi connectivity index (χ2v) is 5.33. The van der Waals surface area contributed by atoms with Crippen LogP contribution in [0.1, 0.15) is 24.0 Å². The Hall–Kier alpha value is -1.02. The van der Waals surface area contributed by atoms with Crippen LogP contribution in [0.4, 0.5) is 0 Å². The third-order valence-corrected chi connectivity index (χ3v) is 3.59. The predicted molar refractivity (Wildman–Crippen MR) is 70.3 cm³/mol. The van der Waals surface area contributed by atoms with E-state index in [9.17, 15) is 4.79 Å². The number of hydrogen-bond acceptors (Lipinski definition) is 1. The summed E-state index contributed by atoms with van der Waals surface area (Å²) < 4.78 is 0. The largest absolute Gasteiger partial charge is 0.341 e. The van der Waals surface area contributed by atoms with E-state index in [2.05, 4.69) is 31.2 Å². The fraction of sp³-hybridized carbons (Fsp3) is 0.500. The van der Waals surface area contributed by atoms with Crippen LogP contribution in [0.2, 0.25) is 0 Å². The average molecular weight is 252 g/mol. The fourth-order valence-electron chi connectivity index (χ4n) is 2.11. The summed E-state index contributed by atoms with van der Waals surface area (Å²) in [5.41, 5.74) is 2.48. The Morgan fingerprint density at radius 3 is 2.71 bits per heavy atom. The molecule has 3 heteroatoms. The molecule has 0 aromatic heterocycles. The van der Waals surface area contributed by atoms with Crippen LogP contribution in [0, 0.1) is 6.92 Å². The van der Waals surface area contributed by atoms with E-state index >= 15 is 0 Å². The van der Waals surface area contributed by atoms with Crippen LogP contribution in [-0.2, 0) is 11.2 Å². The summed E-state index contributed by atoms with van der Waals surface area (Å²) in [4.78, 5) is 13.8. The zero-order chi connectivity index (χ0) is 12.3. The Morgan fingerprint density at radius 1 is 1.41 bits per heavy atom. The first-order valence-corrected chi connectivity index (χ1v) is 6.56. The molecular weight excluding hydrogens is 234 g/mol. The van der Waals surface area contributed by atoms with Crippen LogP contribution in [0.25, 0.3) is 0 Å². The number of alkyl halides is 1. The molecule has 1 fully saturated rings. The minimum Gasteiger partial charge on any atom is -0.341 e. The molecule has 0 saturated carbocycles. The highest BCUT2D eigenvalue weighted by Crippen LogP contribution is 2.16. The van der Waals surface area contributed by atoms with E-state index < -0.39 is 0 Å². The smallest absolute Gasteiger partial charge is 0.222 e. The molecule has 1 saturated heterocycles. The first-order chi connectivity index (χ1) is 8.15. The second-order valence-electron chi connectivity index (χ2n) is 4.71. The van der Waals surface area contributed by atoms with Gasteiger partial charge < -0.3 is 4.90 Å². The van der Waals surface area contributed by atoms with Gasteiger partial charge in [-0.2, -0.15) is 0 Å². The van der Waals surface area contributed by atoms with Gasteiger partial charge in [0, 0.05) is 19.5 Å². The molecule has 17 heavy (non-hydrogen) atoms. The minimum atomic E-state index is 0.151. The monoisotopic (exact) mass is 251 g/mol. The van der Waals surface area contributed by atoms with Gasteiger partial charge in [-0.05, 0) is 25.3 Å². The fourth-order valence-corrected chi connectivity index (χ4v) is 2.37. The van der Waals surface area contributed by atoms with Crippen molar-refractivity contribution in [2.45, 2.75) is 31.6 Å². The van der Waals surface area contributed by atoms with Gasteiger partial charge >= 0.3 is 0 Å². The quantitative estimate of drug-likeness (QED) is 0.757. The highest BCUT2D eigenvalue weighted by Gasteiger charge is 2.23. The molecule has 1 amide bonds. The van der Waals surface area contributed by atoms with Gasteiger partial charge in [-0.15, -0.1) is 11.6 Å². The molecule has 0 spiro atoms. The zero-order valence-corrected chi connectivity index (χ0v) is 10.9. The van der Waals surface area contributed by atoms with Gasteiger partial charge in [-0.3, -0.25) is 4.79 Å². The van der Waals surface area contributed by atoms with E-state index in [-0.39, 0.29) is 11.3 Å². The number of aryl methyl sites for hydroxylation is 2. The summed E-state index contributed by atoms with van der Waals surface area (Å²) >= 11 is 5.99. The van der Waals surface area contributed by atoms with E-state index in [1.165, 1.54) is 11.1 Å². The van der Waals surface area contributed by atoms with E-state index in [4.69, 9.17) is 11.6 Å². The van der Waals surface area contributed by atoms with Crippen molar-refractivity contribution >= 4 is 17.5 Å².